The van der Waals surface area contributed by atoms with E-state index in [0.717, 1.165) is 25.3 Å². The number of aliphatic hydroxyl groups excluding tert-OH is 1. The van der Waals surface area contributed by atoms with E-state index in [-0.39, 0.29) is 6.61 Å². The van der Waals surface area contributed by atoms with Crippen LogP contribution >= 0.6 is 0 Å². The molecule has 0 aliphatic rings. The molecule has 1 unspecified atom stereocenters. The smallest absolute Gasteiger partial charge is 0.118 e. The number of hydrogen-bond donors (Lipinski definition) is 2. The molecule has 0 bridgehead atoms. The number of hydrogen-bond acceptors (Lipinski definition) is 4. The molecule has 0 saturated heterocycles. The Balaban J connectivity index is 2.44. The van der Waals surface area contributed by atoms with Crippen LogP contribution in [-0.2, 0) is 6.54 Å². The highest BCUT2D eigenvalue weighted by Crippen LogP contribution is 2.12. The zero-order chi connectivity index (χ0) is 13.4. The van der Waals surface area contributed by atoms with Crippen molar-refractivity contribution in [1.82, 2.24) is 10.2 Å². The number of aliphatic hydroxyl groups is 1. The van der Waals surface area contributed by atoms with Crippen LogP contribution in [0.15, 0.2) is 24.3 Å². The van der Waals surface area contributed by atoms with Crippen LogP contribution in [0.25, 0.3) is 0 Å². The molecule has 0 saturated carbocycles. The van der Waals surface area contributed by atoms with Gasteiger partial charge in [0, 0.05) is 25.7 Å². The highest BCUT2D eigenvalue weighted by molar-refractivity contribution is 5.27. The van der Waals surface area contributed by atoms with Crippen molar-refractivity contribution in [3.05, 3.63) is 29.8 Å². The van der Waals surface area contributed by atoms with Crippen molar-refractivity contribution >= 4 is 0 Å². The lowest BCUT2D eigenvalue weighted by atomic mass is 10.1. The molecule has 1 atom stereocenters. The molecule has 0 radical (unpaired) electrons. The Bertz CT molecular complexity index is 327. The molecular formula is C14H24N2O2. The van der Waals surface area contributed by atoms with E-state index in [0.29, 0.717) is 6.04 Å². The van der Waals surface area contributed by atoms with Crippen LogP contribution in [0.3, 0.4) is 0 Å². The molecule has 1 aromatic carbocycles. The zero-order valence-electron chi connectivity index (χ0n) is 11.5. The molecule has 0 spiro atoms. The second kappa shape index (κ2) is 8.08. The third-order valence-electron chi connectivity index (χ3n) is 3.03. The first-order valence-corrected chi connectivity index (χ1v) is 6.29. The molecule has 18 heavy (non-hydrogen) atoms. The van der Waals surface area contributed by atoms with Gasteiger partial charge in [-0.05, 0) is 38.2 Å². The minimum atomic E-state index is 0.224. The summed E-state index contributed by atoms with van der Waals surface area (Å²) in [6.07, 6.45) is 0.781. The maximum absolute atomic E-state index is 8.96. The van der Waals surface area contributed by atoms with Gasteiger partial charge in [-0.3, -0.25) is 0 Å². The van der Waals surface area contributed by atoms with Gasteiger partial charge in [0.05, 0.1) is 7.11 Å². The maximum atomic E-state index is 8.96. The molecule has 4 heteroatoms. The third kappa shape index (κ3) is 5.04. The van der Waals surface area contributed by atoms with Gasteiger partial charge in [0.1, 0.15) is 5.75 Å². The van der Waals surface area contributed by atoms with Crippen LogP contribution in [0.1, 0.15) is 12.0 Å². The van der Waals surface area contributed by atoms with Gasteiger partial charge < -0.3 is 20.1 Å². The standard InChI is InChI=1S/C14H24N2O2/c1-15-13(8-9-17)11-16(2)10-12-4-6-14(18-3)7-5-12/h4-7,13,15,17H,8-11H2,1-3H3. The van der Waals surface area contributed by atoms with Gasteiger partial charge in [0.25, 0.3) is 0 Å². The van der Waals surface area contributed by atoms with E-state index in [1.165, 1.54) is 5.56 Å². The third-order valence-corrected chi connectivity index (χ3v) is 3.03. The summed E-state index contributed by atoms with van der Waals surface area (Å²) in [5.41, 5.74) is 1.26. The summed E-state index contributed by atoms with van der Waals surface area (Å²) in [6.45, 7) is 2.04. The molecule has 1 aromatic rings. The molecule has 0 aromatic heterocycles. The normalized spacial score (nSPS) is 12.7. The van der Waals surface area contributed by atoms with Crippen molar-refractivity contribution in [3.63, 3.8) is 0 Å². The second-order valence-corrected chi connectivity index (χ2v) is 4.54. The van der Waals surface area contributed by atoms with E-state index in [9.17, 15) is 0 Å². The quantitative estimate of drug-likeness (QED) is 0.727. The van der Waals surface area contributed by atoms with Gasteiger partial charge in [0.2, 0.25) is 0 Å². The topological polar surface area (TPSA) is 44.7 Å². The van der Waals surface area contributed by atoms with Crippen LogP contribution in [0.4, 0.5) is 0 Å². The fourth-order valence-electron chi connectivity index (χ4n) is 1.97. The van der Waals surface area contributed by atoms with E-state index in [2.05, 4.69) is 29.4 Å². The first kappa shape index (κ1) is 15.0. The van der Waals surface area contributed by atoms with E-state index < -0.39 is 0 Å². The first-order chi connectivity index (χ1) is 8.69. The molecule has 0 aliphatic carbocycles. The Hall–Kier alpha value is -1.10. The lowest BCUT2D eigenvalue weighted by Gasteiger charge is -2.23. The summed E-state index contributed by atoms with van der Waals surface area (Å²) in [7, 11) is 5.70. The predicted octanol–water partition coefficient (Wildman–Crippen LogP) is 1.10. The van der Waals surface area contributed by atoms with Crippen LogP contribution in [0.5, 0.6) is 5.75 Å². The Morgan fingerprint density at radius 1 is 1.33 bits per heavy atom. The highest BCUT2D eigenvalue weighted by atomic mass is 16.5. The Labute approximate surface area is 110 Å². The van der Waals surface area contributed by atoms with Crippen molar-refractivity contribution in [2.45, 2.75) is 19.0 Å². The minimum Gasteiger partial charge on any atom is -0.497 e. The highest BCUT2D eigenvalue weighted by Gasteiger charge is 2.09. The van der Waals surface area contributed by atoms with Gasteiger partial charge in [-0.25, -0.2) is 0 Å². The second-order valence-electron chi connectivity index (χ2n) is 4.54. The number of methoxy groups -OCH3 is 1. The lowest BCUT2D eigenvalue weighted by Crippen LogP contribution is -2.38. The monoisotopic (exact) mass is 252 g/mol. The average Bonchev–Trinajstić information content (AvgIpc) is 2.39. The molecule has 0 heterocycles. The molecular weight excluding hydrogens is 228 g/mol. The Morgan fingerprint density at radius 3 is 2.50 bits per heavy atom. The van der Waals surface area contributed by atoms with E-state index in [1.807, 2.05) is 19.2 Å². The van der Waals surface area contributed by atoms with Crippen molar-refractivity contribution in [1.29, 1.82) is 0 Å². The predicted molar refractivity (Wildman–Crippen MR) is 73.9 cm³/mol. The largest absolute Gasteiger partial charge is 0.497 e. The molecule has 102 valence electrons. The first-order valence-electron chi connectivity index (χ1n) is 6.29. The summed E-state index contributed by atoms with van der Waals surface area (Å²) in [5.74, 6) is 0.884. The van der Waals surface area contributed by atoms with Crippen LogP contribution in [0.2, 0.25) is 0 Å². The van der Waals surface area contributed by atoms with E-state index >= 15 is 0 Å². The molecule has 0 fully saturated rings. The van der Waals surface area contributed by atoms with Gasteiger partial charge >= 0.3 is 0 Å². The summed E-state index contributed by atoms with van der Waals surface area (Å²) in [4.78, 5) is 2.25. The summed E-state index contributed by atoms with van der Waals surface area (Å²) < 4.78 is 5.14. The van der Waals surface area contributed by atoms with E-state index in [4.69, 9.17) is 9.84 Å². The average molecular weight is 252 g/mol. The van der Waals surface area contributed by atoms with Crippen LogP contribution < -0.4 is 10.1 Å². The van der Waals surface area contributed by atoms with Gasteiger partial charge in [-0.2, -0.15) is 0 Å². The van der Waals surface area contributed by atoms with Crippen LogP contribution in [-0.4, -0.2) is 50.4 Å². The van der Waals surface area contributed by atoms with Gasteiger partial charge in [0.15, 0.2) is 0 Å². The fourth-order valence-corrected chi connectivity index (χ4v) is 1.97. The van der Waals surface area contributed by atoms with Crippen molar-refractivity contribution < 1.29 is 9.84 Å². The van der Waals surface area contributed by atoms with Crippen molar-refractivity contribution in [2.75, 3.05) is 34.4 Å². The lowest BCUT2D eigenvalue weighted by molar-refractivity contribution is 0.230. The number of rotatable bonds is 8. The minimum absolute atomic E-state index is 0.224. The molecule has 2 N–H and O–H groups in total. The van der Waals surface area contributed by atoms with E-state index in [1.54, 1.807) is 7.11 Å². The molecule has 4 nitrogen and oxygen atoms in total. The number of ether oxygens (including phenoxy) is 1. The van der Waals surface area contributed by atoms with Crippen molar-refractivity contribution in [3.8, 4) is 5.75 Å². The summed E-state index contributed by atoms with van der Waals surface area (Å²) in [6, 6.07) is 8.45. The number of benzene rings is 1. The fraction of sp³-hybridized carbons (Fsp3) is 0.571. The van der Waals surface area contributed by atoms with Crippen molar-refractivity contribution in [2.24, 2.45) is 0 Å². The molecule has 1 rings (SSSR count). The summed E-state index contributed by atoms with van der Waals surface area (Å²) in [5, 5.41) is 12.2. The molecule has 0 aliphatic heterocycles. The Kier molecular flexibility index (Phi) is 6.72. The molecule has 0 amide bonds. The zero-order valence-corrected chi connectivity index (χ0v) is 11.5. The SMILES string of the molecule is CNC(CCO)CN(C)Cc1ccc(OC)cc1. The maximum Gasteiger partial charge on any atom is 0.118 e. The summed E-state index contributed by atoms with van der Waals surface area (Å²) >= 11 is 0. The number of likely N-dealkylation sites (N-methyl/N-ethyl adjacent to an activating group) is 2. The van der Waals surface area contributed by atoms with Crippen LogP contribution in [0, 0.1) is 0 Å². The van der Waals surface area contributed by atoms with Gasteiger partial charge in [-0.1, -0.05) is 12.1 Å². The number of nitrogens with zero attached hydrogens (tertiary/aromatic N) is 1. The number of nitrogens with one attached hydrogen (secondary N) is 1. The van der Waals surface area contributed by atoms with Gasteiger partial charge in [-0.15, -0.1) is 0 Å². The Morgan fingerprint density at radius 2 is 2.00 bits per heavy atom.